The quantitative estimate of drug-likeness (QED) is 0.644. The van der Waals surface area contributed by atoms with Gasteiger partial charge in [-0.15, -0.1) is 0 Å². The van der Waals surface area contributed by atoms with Crippen molar-refractivity contribution >= 4 is 5.78 Å². The molecule has 0 amide bonds. The molecule has 0 saturated heterocycles. The van der Waals surface area contributed by atoms with Crippen LogP contribution < -0.4 is 0 Å². The fourth-order valence-electron chi connectivity index (χ4n) is 0.376. The van der Waals surface area contributed by atoms with Crippen molar-refractivity contribution in [3.8, 4) is 0 Å². The van der Waals surface area contributed by atoms with E-state index in [9.17, 15) is 18.0 Å². The first-order chi connectivity index (χ1) is 4.39. The van der Waals surface area contributed by atoms with Crippen molar-refractivity contribution in [1.29, 1.82) is 0 Å². The molecule has 0 heterocycles. The minimum atomic E-state index is -4.81. The molecule has 1 N–H and O–H groups in total. The van der Waals surface area contributed by atoms with Crippen LogP contribution in [-0.4, -0.2) is 23.2 Å². The molecule has 1 atom stereocenters. The van der Waals surface area contributed by atoms with Crippen LogP contribution in [0.15, 0.2) is 0 Å². The van der Waals surface area contributed by atoms with E-state index in [0.29, 0.717) is 0 Å². The van der Waals surface area contributed by atoms with Gasteiger partial charge < -0.3 is 5.11 Å². The molecule has 0 spiro atoms. The van der Waals surface area contributed by atoms with Crippen LogP contribution in [0.2, 0.25) is 0 Å². The Hall–Kier alpha value is -0.580. The van der Waals surface area contributed by atoms with Crippen molar-refractivity contribution in [2.24, 2.45) is 0 Å². The number of alkyl halides is 3. The number of hydrogen-bond donors (Lipinski definition) is 1. The second-order valence-corrected chi connectivity index (χ2v) is 1.76. The summed E-state index contributed by atoms with van der Waals surface area (Å²) >= 11 is 0. The number of aliphatic hydroxyl groups is 1. The van der Waals surface area contributed by atoms with Gasteiger partial charge in [-0.3, -0.25) is 4.79 Å². The topological polar surface area (TPSA) is 37.3 Å². The Bertz CT molecular complexity index is 129. The summed E-state index contributed by atoms with van der Waals surface area (Å²) in [4.78, 5) is 10.2. The molecule has 0 aromatic heterocycles. The van der Waals surface area contributed by atoms with Gasteiger partial charge in [0.1, 0.15) is 0 Å². The molecule has 0 radical (unpaired) electrons. The van der Waals surface area contributed by atoms with E-state index in [1.54, 1.807) is 0 Å². The van der Waals surface area contributed by atoms with Gasteiger partial charge in [0, 0.05) is 6.42 Å². The molecule has 0 rings (SSSR count). The van der Waals surface area contributed by atoms with E-state index in [2.05, 4.69) is 0 Å². The van der Waals surface area contributed by atoms with Crippen LogP contribution >= 0.6 is 0 Å². The van der Waals surface area contributed by atoms with Crippen molar-refractivity contribution in [2.75, 3.05) is 0 Å². The average molecular weight is 156 g/mol. The van der Waals surface area contributed by atoms with Crippen LogP contribution in [0.5, 0.6) is 0 Å². The Balaban J connectivity index is 4.08. The summed E-state index contributed by atoms with van der Waals surface area (Å²) in [7, 11) is 0. The molecule has 0 bridgehead atoms. The van der Waals surface area contributed by atoms with Crippen molar-refractivity contribution in [2.45, 2.75) is 25.6 Å². The first-order valence-electron chi connectivity index (χ1n) is 2.67. The molecule has 0 aromatic rings. The third kappa shape index (κ3) is 2.34. The summed E-state index contributed by atoms with van der Waals surface area (Å²) in [5.74, 6) is -1.20. The molecule has 0 aromatic carbocycles. The first kappa shape index (κ1) is 9.42. The fraction of sp³-hybridized carbons (Fsp3) is 0.800. The van der Waals surface area contributed by atoms with Crippen molar-refractivity contribution in [3.05, 3.63) is 0 Å². The van der Waals surface area contributed by atoms with Gasteiger partial charge >= 0.3 is 6.18 Å². The largest absolute Gasteiger partial charge is 0.421 e. The maximum atomic E-state index is 11.4. The van der Waals surface area contributed by atoms with Gasteiger partial charge in [0.05, 0.1) is 0 Å². The second kappa shape index (κ2) is 3.01. The maximum absolute atomic E-state index is 11.4. The Morgan fingerprint density at radius 3 is 2.10 bits per heavy atom. The summed E-state index contributed by atoms with van der Waals surface area (Å²) in [6.07, 6.45) is -7.93. The number of halogens is 3. The monoisotopic (exact) mass is 156 g/mol. The number of carbonyl (C=O) groups excluding carboxylic acids is 1. The molecule has 5 heteroatoms. The van der Waals surface area contributed by atoms with Gasteiger partial charge in [-0.05, 0) is 0 Å². The highest BCUT2D eigenvalue weighted by Crippen LogP contribution is 2.20. The van der Waals surface area contributed by atoms with Crippen LogP contribution in [0.4, 0.5) is 13.2 Å². The molecule has 0 aliphatic rings. The summed E-state index contributed by atoms with van der Waals surface area (Å²) in [6, 6.07) is 0. The zero-order chi connectivity index (χ0) is 8.36. The van der Waals surface area contributed by atoms with Crippen LogP contribution in [0.3, 0.4) is 0 Å². The minimum absolute atomic E-state index is 0.305. The van der Waals surface area contributed by atoms with Gasteiger partial charge in [-0.25, -0.2) is 0 Å². The predicted octanol–water partition coefficient (Wildman–Crippen LogP) is 0.889. The van der Waals surface area contributed by atoms with E-state index < -0.39 is 18.1 Å². The van der Waals surface area contributed by atoms with E-state index >= 15 is 0 Å². The van der Waals surface area contributed by atoms with Gasteiger partial charge in [0.25, 0.3) is 0 Å². The molecule has 0 unspecified atom stereocenters. The van der Waals surface area contributed by atoms with Crippen LogP contribution in [0.1, 0.15) is 13.3 Å². The molecular weight excluding hydrogens is 149 g/mol. The molecule has 0 saturated carbocycles. The van der Waals surface area contributed by atoms with E-state index in [1.165, 1.54) is 6.92 Å². The second-order valence-electron chi connectivity index (χ2n) is 1.76. The number of carbonyl (C=O) groups is 1. The molecule has 60 valence electrons. The Morgan fingerprint density at radius 1 is 1.60 bits per heavy atom. The summed E-state index contributed by atoms with van der Waals surface area (Å²) in [5.41, 5.74) is 0. The Labute approximate surface area is 55.7 Å². The lowest BCUT2D eigenvalue weighted by molar-refractivity contribution is -0.203. The third-order valence-corrected chi connectivity index (χ3v) is 0.963. The Kier molecular flexibility index (Phi) is 2.83. The minimum Gasteiger partial charge on any atom is -0.377 e. The van der Waals surface area contributed by atoms with E-state index in [0.717, 1.165) is 0 Å². The van der Waals surface area contributed by atoms with E-state index in [1.807, 2.05) is 0 Å². The summed E-state index contributed by atoms with van der Waals surface area (Å²) < 4.78 is 34.2. The average Bonchev–Trinajstić information content (AvgIpc) is 1.83. The van der Waals surface area contributed by atoms with Gasteiger partial charge in [-0.2, -0.15) is 13.2 Å². The third-order valence-electron chi connectivity index (χ3n) is 0.963. The van der Waals surface area contributed by atoms with E-state index in [4.69, 9.17) is 5.11 Å². The SMILES string of the molecule is CCC(=O)[C@@H](O)C(F)(F)F. The molecule has 10 heavy (non-hydrogen) atoms. The number of Topliss-reactive ketones (excluding diaryl/α,β-unsaturated/α-hetero) is 1. The zero-order valence-electron chi connectivity index (χ0n) is 5.27. The summed E-state index contributed by atoms with van der Waals surface area (Å²) in [6.45, 7) is 1.26. The smallest absolute Gasteiger partial charge is 0.377 e. The lowest BCUT2D eigenvalue weighted by atomic mass is 10.2. The van der Waals surface area contributed by atoms with Crippen LogP contribution in [0.25, 0.3) is 0 Å². The molecule has 0 aliphatic carbocycles. The molecule has 2 nitrogen and oxygen atoms in total. The van der Waals surface area contributed by atoms with Gasteiger partial charge in [-0.1, -0.05) is 6.92 Å². The first-order valence-corrected chi connectivity index (χ1v) is 2.67. The van der Waals surface area contributed by atoms with Gasteiger partial charge in [0.15, 0.2) is 5.78 Å². The van der Waals surface area contributed by atoms with E-state index in [-0.39, 0.29) is 6.42 Å². The highest BCUT2D eigenvalue weighted by atomic mass is 19.4. The Morgan fingerprint density at radius 2 is 2.00 bits per heavy atom. The predicted molar refractivity (Wildman–Crippen MR) is 27.4 cm³/mol. The van der Waals surface area contributed by atoms with Crippen molar-refractivity contribution < 1.29 is 23.1 Å². The standard InChI is InChI=1S/C5H7F3O2/c1-2-3(9)4(10)5(6,7)8/h4,10H,2H2,1H3/t4-/m1/s1. The number of aliphatic hydroxyl groups excluding tert-OH is 1. The number of hydrogen-bond acceptors (Lipinski definition) is 2. The van der Waals surface area contributed by atoms with Crippen LogP contribution in [0, 0.1) is 0 Å². The highest BCUT2D eigenvalue weighted by molar-refractivity contribution is 5.83. The molecule has 0 fully saturated rings. The number of ketones is 1. The zero-order valence-corrected chi connectivity index (χ0v) is 5.27. The van der Waals surface area contributed by atoms with Crippen LogP contribution in [-0.2, 0) is 4.79 Å². The number of rotatable bonds is 2. The fourth-order valence-corrected chi connectivity index (χ4v) is 0.376. The lowest BCUT2D eigenvalue weighted by Crippen LogP contribution is -2.35. The lowest BCUT2D eigenvalue weighted by Gasteiger charge is -2.11. The summed E-state index contributed by atoms with van der Waals surface area (Å²) in [5, 5.41) is 8.18. The normalized spacial score (nSPS) is 14.9. The van der Waals surface area contributed by atoms with Crippen molar-refractivity contribution in [1.82, 2.24) is 0 Å². The van der Waals surface area contributed by atoms with Crippen molar-refractivity contribution in [3.63, 3.8) is 0 Å². The van der Waals surface area contributed by atoms with Gasteiger partial charge in [0.2, 0.25) is 6.10 Å². The molecular formula is C5H7F3O2. The maximum Gasteiger partial charge on any atom is 0.421 e. The molecule has 0 aliphatic heterocycles. The highest BCUT2D eigenvalue weighted by Gasteiger charge is 2.42.